The Kier molecular flexibility index (Phi) is 5.86. The molecule has 3 heteroatoms. The Labute approximate surface area is 110 Å². The molecule has 2 N–H and O–H groups in total. The average Bonchev–Trinajstić information content (AvgIpc) is 2.36. The van der Waals surface area contributed by atoms with Gasteiger partial charge in [0, 0.05) is 26.6 Å². The third-order valence-electron chi connectivity index (χ3n) is 3.11. The van der Waals surface area contributed by atoms with Gasteiger partial charge in [0.1, 0.15) is 0 Å². The van der Waals surface area contributed by atoms with Crippen molar-refractivity contribution in [1.82, 2.24) is 4.90 Å². The van der Waals surface area contributed by atoms with E-state index in [1.54, 1.807) is 4.90 Å². The number of benzene rings is 1. The Morgan fingerprint density at radius 2 is 1.89 bits per heavy atom. The number of carbonyl (C=O) groups is 1. The van der Waals surface area contributed by atoms with Gasteiger partial charge in [-0.05, 0) is 23.5 Å². The van der Waals surface area contributed by atoms with E-state index in [2.05, 4.69) is 13.8 Å². The van der Waals surface area contributed by atoms with Crippen LogP contribution in [-0.4, -0.2) is 17.9 Å². The first kappa shape index (κ1) is 14.7. The fraction of sp³-hybridized carbons (Fsp3) is 0.533. The van der Waals surface area contributed by atoms with Crippen molar-refractivity contribution >= 4 is 5.91 Å². The molecule has 0 saturated carbocycles. The Morgan fingerprint density at radius 1 is 1.28 bits per heavy atom. The number of nitrogens with zero attached hydrogens (tertiary/aromatic N) is 1. The Hall–Kier alpha value is -1.35. The van der Waals surface area contributed by atoms with Crippen LogP contribution in [0.5, 0.6) is 0 Å². The molecule has 1 rings (SSSR count). The van der Waals surface area contributed by atoms with Crippen LogP contribution < -0.4 is 5.73 Å². The number of hydrogen-bond acceptors (Lipinski definition) is 2. The molecule has 0 radical (unpaired) electrons. The molecule has 0 fully saturated rings. The lowest BCUT2D eigenvalue weighted by molar-refractivity contribution is -0.130. The average molecular weight is 248 g/mol. The summed E-state index contributed by atoms with van der Waals surface area (Å²) in [6, 6.07) is 8.02. The van der Waals surface area contributed by atoms with Gasteiger partial charge in [-0.3, -0.25) is 4.79 Å². The van der Waals surface area contributed by atoms with Crippen LogP contribution in [0.1, 0.15) is 37.8 Å². The maximum atomic E-state index is 11.9. The van der Waals surface area contributed by atoms with Gasteiger partial charge in [-0.1, -0.05) is 38.1 Å². The minimum Gasteiger partial charge on any atom is -0.341 e. The topological polar surface area (TPSA) is 46.3 Å². The quantitative estimate of drug-likeness (QED) is 0.841. The summed E-state index contributed by atoms with van der Waals surface area (Å²) in [6.07, 6.45) is 1.57. The standard InChI is InChI=1S/C15H24N2O/c1-12(2)8-9-15(18)17(3)11-14-7-5-4-6-13(14)10-16/h4-7,12H,8-11,16H2,1-3H3. The number of carbonyl (C=O) groups excluding carboxylic acids is 1. The van der Waals surface area contributed by atoms with Crippen LogP contribution in [0.4, 0.5) is 0 Å². The third kappa shape index (κ3) is 4.49. The van der Waals surface area contributed by atoms with Crippen LogP contribution in [0.15, 0.2) is 24.3 Å². The first-order valence-electron chi connectivity index (χ1n) is 6.55. The van der Waals surface area contributed by atoms with Crippen LogP contribution in [-0.2, 0) is 17.9 Å². The normalized spacial score (nSPS) is 10.7. The van der Waals surface area contributed by atoms with Crippen LogP contribution in [0, 0.1) is 5.92 Å². The van der Waals surface area contributed by atoms with Gasteiger partial charge < -0.3 is 10.6 Å². The van der Waals surface area contributed by atoms with E-state index in [1.807, 2.05) is 31.3 Å². The number of hydrogen-bond donors (Lipinski definition) is 1. The van der Waals surface area contributed by atoms with E-state index in [1.165, 1.54) is 0 Å². The molecule has 0 aliphatic carbocycles. The summed E-state index contributed by atoms with van der Waals surface area (Å²) < 4.78 is 0. The highest BCUT2D eigenvalue weighted by Crippen LogP contribution is 2.12. The summed E-state index contributed by atoms with van der Waals surface area (Å²) in [4.78, 5) is 13.7. The Balaban J connectivity index is 2.58. The molecule has 0 bridgehead atoms. The van der Waals surface area contributed by atoms with Crippen LogP contribution in [0.25, 0.3) is 0 Å². The van der Waals surface area contributed by atoms with Crippen molar-refractivity contribution in [1.29, 1.82) is 0 Å². The summed E-state index contributed by atoms with van der Waals surface area (Å²) in [5.74, 6) is 0.772. The first-order chi connectivity index (χ1) is 8.54. The number of rotatable bonds is 6. The zero-order valence-corrected chi connectivity index (χ0v) is 11.6. The highest BCUT2D eigenvalue weighted by Gasteiger charge is 2.11. The van der Waals surface area contributed by atoms with Crippen molar-refractivity contribution in [2.45, 2.75) is 39.8 Å². The summed E-state index contributed by atoms with van der Waals surface area (Å²) in [7, 11) is 1.86. The molecule has 0 aromatic heterocycles. The lowest BCUT2D eigenvalue weighted by atomic mass is 10.1. The minimum absolute atomic E-state index is 0.204. The van der Waals surface area contributed by atoms with E-state index in [4.69, 9.17) is 5.73 Å². The molecule has 1 aromatic rings. The maximum Gasteiger partial charge on any atom is 0.222 e. The summed E-state index contributed by atoms with van der Waals surface area (Å²) in [5, 5.41) is 0. The molecule has 0 unspecified atom stereocenters. The van der Waals surface area contributed by atoms with Crippen molar-refractivity contribution in [3.05, 3.63) is 35.4 Å². The highest BCUT2D eigenvalue weighted by atomic mass is 16.2. The van der Waals surface area contributed by atoms with Crippen molar-refractivity contribution in [2.24, 2.45) is 11.7 Å². The molecule has 18 heavy (non-hydrogen) atoms. The Morgan fingerprint density at radius 3 is 2.44 bits per heavy atom. The summed E-state index contributed by atoms with van der Waals surface area (Å²) in [6.45, 7) is 5.43. The minimum atomic E-state index is 0.204. The molecule has 0 aliphatic heterocycles. The molecule has 0 aliphatic rings. The van der Waals surface area contributed by atoms with Gasteiger partial charge in [0.05, 0.1) is 0 Å². The second-order valence-corrected chi connectivity index (χ2v) is 5.16. The monoisotopic (exact) mass is 248 g/mol. The SMILES string of the molecule is CC(C)CCC(=O)N(C)Cc1ccccc1CN. The molecule has 100 valence electrons. The van der Waals surface area contributed by atoms with Crippen LogP contribution >= 0.6 is 0 Å². The van der Waals surface area contributed by atoms with Gasteiger partial charge in [-0.15, -0.1) is 0 Å². The second-order valence-electron chi connectivity index (χ2n) is 5.16. The van der Waals surface area contributed by atoms with Crippen LogP contribution in [0.2, 0.25) is 0 Å². The van der Waals surface area contributed by atoms with E-state index in [-0.39, 0.29) is 5.91 Å². The molecule has 0 saturated heterocycles. The largest absolute Gasteiger partial charge is 0.341 e. The highest BCUT2D eigenvalue weighted by molar-refractivity contribution is 5.75. The zero-order valence-electron chi connectivity index (χ0n) is 11.6. The van der Waals surface area contributed by atoms with Crippen molar-refractivity contribution in [2.75, 3.05) is 7.05 Å². The van der Waals surface area contributed by atoms with E-state index in [9.17, 15) is 4.79 Å². The van der Waals surface area contributed by atoms with E-state index < -0.39 is 0 Å². The lowest BCUT2D eigenvalue weighted by Crippen LogP contribution is -2.26. The molecule has 1 aromatic carbocycles. The van der Waals surface area contributed by atoms with Crippen molar-refractivity contribution in [3.63, 3.8) is 0 Å². The van der Waals surface area contributed by atoms with Gasteiger partial charge in [0.2, 0.25) is 5.91 Å². The molecule has 0 spiro atoms. The predicted molar refractivity (Wildman–Crippen MR) is 74.9 cm³/mol. The first-order valence-corrected chi connectivity index (χ1v) is 6.55. The van der Waals surface area contributed by atoms with Crippen molar-refractivity contribution < 1.29 is 4.79 Å². The molecule has 0 heterocycles. The van der Waals surface area contributed by atoms with Gasteiger partial charge in [-0.25, -0.2) is 0 Å². The molecule has 1 amide bonds. The molecular weight excluding hydrogens is 224 g/mol. The maximum absolute atomic E-state index is 11.9. The molecule has 3 nitrogen and oxygen atoms in total. The van der Waals surface area contributed by atoms with E-state index in [0.29, 0.717) is 25.4 Å². The van der Waals surface area contributed by atoms with E-state index >= 15 is 0 Å². The fourth-order valence-electron chi connectivity index (χ4n) is 1.86. The zero-order chi connectivity index (χ0) is 13.5. The third-order valence-corrected chi connectivity index (χ3v) is 3.11. The van der Waals surface area contributed by atoms with Gasteiger partial charge in [0.25, 0.3) is 0 Å². The lowest BCUT2D eigenvalue weighted by Gasteiger charge is -2.19. The van der Waals surface area contributed by atoms with Crippen LogP contribution in [0.3, 0.4) is 0 Å². The molecule has 0 atom stereocenters. The molecular formula is C15H24N2O. The Bertz CT molecular complexity index is 388. The second kappa shape index (κ2) is 7.17. The van der Waals surface area contributed by atoms with Gasteiger partial charge >= 0.3 is 0 Å². The summed E-state index contributed by atoms with van der Waals surface area (Å²) >= 11 is 0. The summed E-state index contributed by atoms with van der Waals surface area (Å²) in [5.41, 5.74) is 7.95. The van der Waals surface area contributed by atoms with Crippen molar-refractivity contribution in [3.8, 4) is 0 Å². The predicted octanol–water partition coefficient (Wildman–Crippen LogP) is 2.54. The fourth-order valence-corrected chi connectivity index (χ4v) is 1.86. The van der Waals surface area contributed by atoms with Gasteiger partial charge in [-0.2, -0.15) is 0 Å². The number of amides is 1. The smallest absolute Gasteiger partial charge is 0.222 e. The van der Waals surface area contributed by atoms with E-state index in [0.717, 1.165) is 17.5 Å². The number of nitrogens with two attached hydrogens (primary N) is 1. The van der Waals surface area contributed by atoms with Gasteiger partial charge in [0.15, 0.2) is 0 Å².